The second kappa shape index (κ2) is 11.9. The van der Waals surface area contributed by atoms with Crippen LogP contribution in [-0.2, 0) is 31.9 Å². The average Bonchev–Trinajstić information content (AvgIpc) is 2.78. The van der Waals surface area contributed by atoms with Gasteiger partial charge in [0.15, 0.2) is 0 Å². The van der Waals surface area contributed by atoms with Crippen LogP contribution in [0.2, 0.25) is 0 Å². The third-order valence-electron chi connectivity index (χ3n) is 5.45. The Balaban J connectivity index is 1.41. The van der Waals surface area contributed by atoms with Crippen molar-refractivity contribution in [3.8, 4) is 6.07 Å². The first kappa shape index (κ1) is 25.5. The van der Waals surface area contributed by atoms with Gasteiger partial charge >= 0.3 is 6.09 Å². The summed E-state index contributed by atoms with van der Waals surface area (Å²) in [6.45, 7) is 8.34. The maximum atomic E-state index is 12.5. The van der Waals surface area contributed by atoms with Gasteiger partial charge in [-0.1, -0.05) is 0 Å². The molecule has 3 rings (SSSR count). The van der Waals surface area contributed by atoms with Crippen LogP contribution in [-0.4, -0.2) is 57.1 Å². The topological polar surface area (TPSA) is 113 Å². The van der Waals surface area contributed by atoms with Crippen LogP contribution in [0.5, 0.6) is 0 Å². The highest BCUT2D eigenvalue weighted by Crippen LogP contribution is 2.36. The molecule has 2 amide bonds. The molecule has 0 unspecified atom stereocenters. The van der Waals surface area contributed by atoms with Gasteiger partial charge in [-0.05, 0) is 81.4 Å². The SMILES string of the molecule is CC(C)(C)OC(=O)NOCCOCCNC(=O)/C(C#N)=C/c1cc2c3c(c1)CCCN3CCC2. The predicted molar refractivity (Wildman–Crippen MR) is 128 cm³/mol. The Kier molecular flexibility index (Phi) is 8.91. The molecule has 9 nitrogen and oxygen atoms in total. The minimum absolute atomic E-state index is 0.0699. The average molecular weight is 471 g/mol. The van der Waals surface area contributed by atoms with Crippen LogP contribution in [0.4, 0.5) is 10.5 Å². The summed E-state index contributed by atoms with van der Waals surface area (Å²) in [5.41, 5.74) is 6.52. The molecule has 0 aromatic heterocycles. The highest BCUT2D eigenvalue weighted by atomic mass is 16.7. The van der Waals surface area contributed by atoms with Crippen molar-refractivity contribution in [2.24, 2.45) is 0 Å². The van der Waals surface area contributed by atoms with Crippen molar-refractivity contribution in [2.75, 3.05) is 44.4 Å². The van der Waals surface area contributed by atoms with E-state index in [1.54, 1.807) is 26.8 Å². The summed E-state index contributed by atoms with van der Waals surface area (Å²) in [5.74, 6) is -0.429. The fraction of sp³-hybridized carbons (Fsp3) is 0.560. The second-order valence-corrected chi connectivity index (χ2v) is 9.37. The van der Waals surface area contributed by atoms with Gasteiger partial charge in [-0.3, -0.25) is 9.63 Å². The summed E-state index contributed by atoms with van der Waals surface area (Å²) in [5, 5.41) is 12.2. The number of nitrogens with one attached hydrogen (secondary N) is 2. The molecule has 0 radical (unpaired) electrons. The molecule has 2 aliphatic rings. The van der Waals surface area contributed by atoms with E-state index in [9.17, 15) is 14.9 Å². The normalized spacial score (nSPS) is 15.2. The molecule has 2 N–H and O–H groups in total. The van der Waals surface area contributed by atoms with Gasteiger partial charge in [0.1, 0.15) is 17.2 Å². The summed E-state index contributed by atoms with van der Waals surface area (Å²) >= 11 is 0. The Hall–Kier alpha value is -3.09. The number of nitrogens with zero attached hydrogens (tertiary/aromatic N) is 2. The predicted octanol–water partition coefficient (Wildman–Crippen LogP) is 2.88. The van der Waals surface area contributed by atoms with Crippen molar-refractivity contribution in [2.45, 2.75) is 52.1 Å². The van der Waals surface area contributed by atoms with Crippen molar-refractivity contribution in [1.29, 1.82) is 5.26 Å². The lowest BCUT2D eigenvalue weighted by Gasteiger charge is -2.37. The van der Waals surface area contributed by atoms with E-state index in [1.165, 1.54) is 16.8 Å². The quantitative estimate of drug-likeness (QED) is 0.247. The van der Waals surface area contributed by atoms with E-state index in [2.05, 4.69) is 27.8 Å². The Bertz CT molecular complexity index is 930. The number of anilines is 1. The lowest BCUT2D eigenvalue weighted by atomic mass is 9.89. The molecular formula is C25H34N4O5. The minimum atomic E-state index is -0.670. The van der Waals surface area contributed by atoms with Crippen LogP contribution >= 0.6 is 0 Å². The molecule has 1 aromatic rings. The zero-order valence-electron chi connectivity index (χ0n) is 20.2. The fourth-order valence-corrected chi connectivity index (χ4v) is 4.17. The van der Waals surface area contributed by atoms with Crippen LogP contribution in [0.1, 0.15) is 50.3 Å². The number of carbonyl (C=O) groups excluding carboxylic acids is 2. The smallest absolute Gasteiger partial charge is 0.431 e. The molecular weight excluding hydrogens is 436 g/mol. The van der Waals surface area contributed by atoms with E-state index in [0.717, 1.165) is 44.3 Å². The first-order valence-corrected chi connectivity index (χ1v) is 11.8. The van der Waals surface area contributed by atoms with Gasteiger partial charge in [-0.15, -0.1) is 0 Å². The first-order valence-electron chi connectivity index (χ1n) is 11.8. The van der Waals surface area contributed by atoms with Gasteiger partial charge in [0.2, 0.25) is 0 Å². The fourth-order valence-electron chi connectivity index (χ4n) is 4.17. The lowest BCUT2D eigenvalue weighted by molar-refractivity contribution is -0.117. The zero-order valence-corrected chi connectivity index (χ0v) is 20.2. The van der Waals surface area contributed by atoms with E-state index in [4.69, 9.17) is 14.3 Å². The third-order valence-corrected chi connectivity index (χ3v) is 5.45. The number of aryl methyl sites for hydroxylation is 2. The van der Waals surface area contributed by atoms with Crippen molar-refractivity contribution in [3.05, 3.63) is 34.4 Å². The lowest BCUT2D eigenvalue weighted by Crippen LogP contribution is -2.34. The summed E-state index contributed by atoms with van der Waals surface area (Å²) in [6.07, 6.45) is 5.32. The molecule has 9 heteroatoms. The van der Waals surface area contributed by atoms with Crippen LogP contribution in [0, 0.1) is 11.3 Å². The first-order chi connectivity index (χ1) is 16.3. The Morgan fingerprint density at radius 2 is 1.79 bits per heavy atom. The Morgan fingerprint density at radius 3 is 2.41 bits per heavy atom. The molecule has 0 fully saturated rings. The van der Waals surface area contributed by atoms with E-state index in [1.807, 2.05) is 6.07 Å². The number of carbonyl (C=O) groups is 2. The van der Waals surface area contributed by atoms with Crippen LogP contribution in [0.25, 0.3) is 6.08 Å². The highest BCUT2D eigenvalue weighted by molar-refractivity contribution is 6.01. The van der Waals surface area contributed by atoms with Gasteiger partial charge in [0.05, 0.1) is 19.8 Å². The van der Waals surface area contributed by atoms with E-state index in [0.29, 0.717) is 0 Å². The van der Waals surface area contributed by atoms with Crippen LogP contribution in [0.3, 0.4) is 0 Å². The molecule has 1 aromatic carbocycles. The Morgan fingerprint density at radius 1 is 1.12 bits per heavy atom. The summed E-state index contributed by atoms with van der Waals surface area (Å²) in [7, 11) is 0. The third kappa shape index (κ3) is 7.47. The van der Waals surface area contributed by atoms with Gasteiger partial charge in [-0.25, -0.2) is 4.79 Å². The van der Waals surface area contributed by atoms with Crippen molar-refractivity contribution < 1.29 is 23.9 Å². The molecule has 2 heterocycles. The number of ether oxygens (including phenoxy) is 2. The van der Waals surface area contributed by atoms with Gasteiger partial charge in [0, 0.05) is 25.3 Å². The number of amides is 2. The Labute approximate surface area is 201 Å². The molecule has 0 spiro atoms. The van der Waals surface area contributed by atoms with E-state index in [-0.39, 0.29) is 31.9 Å². The van der Waals surface area contributed by atoms with Gasteiger partial charge < -0.3 is 19.7 Å². The van der Waals surface area contributed by atoms with Gasteiger partial charge in [0.25, 0.3) is 5.91 Å². The van der Waals surface area contributed by atoms with E-state index >= 15 is 0 Å². The standard InChI is InChI=1S/C25H34N4O5/c1-25(2,3)34-24(31)28-33-13-12-32-11-8-27-23(30)21(17-26)16-18-14-19-6-4-9-29-10-5-7-20(15-18)22(19)29/h14-16H,4-13H2,1-3H3,(H,27,30)(H,28,31)/b21-16+. The molecule has 0 aliphatic carbocycles. The maximum absolute atomic E-state index is 12.5. The largest absolute Gasteiger partial charge is 0.442 e. The van der Waals surface area contributed by atoms with Gasteiger partial charge in [-0.2, -0.15) is 10.7 Å². The monoisotopic (exact) mass is 470 g/mol. The molecule has 184 valence electrons. The maximum Gasteiger partial charge on any atom is 0.431 e. The number of nitriles is 1. The summed E-state index contributed by atoms with van der Waals surface area (Å²) in [4.78, 5) is 31.3. The van der Waals surface area contributed by atoms with Crippen LogP contribution in [0.15, 0.2) is 17.7 Å². The number of hydroxylamine groups is 1. The number of hydrogen-bond donors (Lipinski definition) is 2. The molecule has 0 atom stereocenters. The second-order valence-electron chi connectivity index (χ2n) is 9.37. The van der Waals surface area contributed by atoms with Crippen molar-refractivity contribution in [1.82, 2.24) is 10.8 Å². The number of rotatable bonds is 9. The molecule has 34 heavy (non-hydrogen) atoms. The highest BCUT2D eigenvalue weighted by Gasteiger charge is 2.24. The van der Waals surface area contributed by atoms with E-state index < -0.39 is 17.6 Å². The van der Waals surface area contributed by atoms with Crippen molar-refractivity contribution >= 4 is 23.8 Å². The van der Waals surface area contributed by atoms with Crippen molar-refractivity contribution in [3.63, 3.8) is 0 Å². The number of benzene rings is 1. The minimum Gasteiger partial charge on any atom is -0.442 e. The summed E-state index contributed by atoms with van der Waals surface area (Å²) in [6, 6.07) is 6.22. The number of hydrogen-bond acceptors (Lipinski definition) is 7. The molecule has 0 bridgehead atoms. The molecule has 0 saturated heterocycles. The molecule has 0 saturated carbocycles. The summed E-state index contributed by atoms with van der Waals surface area (Å²) < 4.78 is 10.4. The zero-order chi connectivity index (χ0) is 24.6. The molecule has 2 aliphatic heterocycles. The van der Waals surface area contributed by atoms with Crippen LogP contribution < -0.4 is 15.7 Å².